The number of rotatable bonds is 7. The standard InChI is InChI=1S/C23H28N2O3/c1-18-2-6-20(7-3-18)23(10-11-23)24-16-19-4-8-21(9-5-19)28-17-22(26)25-12-14-27-15-13-25/h2-9,24H,10-17H2,1H3. The van der Waals surface area contributed by atoms with E-state index in [0.29, 0.717) is 26.3 Å². The fourth-order valence-corrected chi connectivity index (χ4v) is 3.59. The summed E-state index contributed by atoms with van der Waals surface area (Å²) in [7, 11) is 0. The Balaban J connectivity index is 1.26. The Bertz CT molecular complexity index is 792. The molecule has 1 amide bonds. The number of benzene rings is 2. The maximum absolute atomic E-state index is 12.1. The molecular weight excluding hydrogens is 352 g/mol. The number of morpholine rings is 1. The summed E-state index contributed by atoms with van der Waals surface area (Å²) < 4.78 is 10.9. The van der Waals surface area contributed by atoms with Gasteiger partial charge in [-0.15, -0.1) is 0 Å². The third-order valence-electron chi connectivity index (χ3n) is 5.63. The van der Waals surface area contributed by atoms with E-state index in [9.17, 15) is 4.79 Å². The first kappa shape index (κ1) is 19.0. The highest BCUT2D eigenvalue weighted by Gasteiger charge is 2.43. The van der Waals surface area contributed by atoms with Gasteiger partial charge < -0.3 is 19.7 Å². The second-order valence-corrected chi connectivity index (χ2v) is 7.73. The van der Waals surface area contributed by atoms with Crippen LogP contribution < -0.4 is 10.1 Å². The molecule has 1 aliphatic heterocycles. The lowest BCUT2D eigenvalue weighted by atomic mass is 10.0. The molecule has 1 aliphatic carbocycles. The number of nitrogens with zero attached hydrogens (tertiary/aromatic N) is 1. The Labute approximate surface area is 166 Å². The lowest BCUT2D eigenvalue weighted by Crippen LogP contribution is -2.42. The zero-order chi connectivity index (χ0) is 19.4. The molecule has 2 fully saturated rings. The predicted octanol–water partition coefficient (Wildman–Crippen LogP) is 3.01. The van der Waals surface area contributed by atoms with Gasteiger partial charge in [0.15, 0.2) is 6.61 Å². The molecule has 0 radical (unpaired) electrons. The number of ether oxygens (including phenoxy) is 2. The maximum Gasteiger partial charge on any atom is 0.260 e. The smallest absolute Gasteiger partial charge is 0.260 e. The largest absolute Gasteiger partial charge is 0.484 e. The van der Waals surface area contributed by atoms with Gasteiger partial charge in [0, 0.05) is 25.2 Å². The topological polar surface area (TPSA) is 50.8 Å². The molecular formula is C23H28N2O3. The summed E-state index contributed by atoms with van der Waals surface area (Å²) in [6.45, 7) is 5.53. The van der Waals surface area contributed by atoms with E-state index in [4.69, 9.17) is 9.47 Å². The highest BCUT2D eigenvalue weighted by Crippen LogP contribution is 2.45. The summed E-state index contributed by atoms with van der Waals surface area (Å²) in [6, 6.07) is 16.8. The van der Waals surface area contributed by atoms with Gasteiger partial charge in [0.1, 0.15) is 5.75 Å². The van der Waals surface area contributed by atoms with Crippen molar-refractivity contribution in [3.05, 3.63) is 65.2 Å². The number of hydrogen-bond acceptors (Lipinski definition) is 4. The summed E-state index contributed by atoms with van der Waals surface area (Å²) >= 11 is 0. The molecule has 4 rings (SSSR count). The molecule has 148 valence electrons. The Hall–Kier alpha value is -2.37. The summed E-state index contributed by atoms with van der Waals surface area (Å²) in [4.78, 5) is 13.9. The second kappa shape index (κ2) is 8.33. The third-order valence-corrected chi connectivity index (χ3v) is 5.63. The molecule has 0 spiro atoms. The lowest BCUT2D eigenvalue weighted by molar-refractivity contribution is -0.137. The fraction of sp³-hybridized carbons (Fsp3) is 0.435. The van der Waals surface area contributed by atoms with Crippen LogP contribution in [-0.2, 0) is 21.6 Å². The highest BCUT2D eigenvalue weighted by atomic mass is 16.5. The van der Waals surface area contributed by atoms with Crippen molar-refractivity contribution in [1.29, 1.82) is 0 Å². The maximum atomic E-state index is 12.1. The molecule has 0 aromatic heterocycles. The number of amides is 1. The van der Waals surface area contributed by atoms with Crippen LogP contribution in [0.4, 0.5) is 0 Å². The van der Waals surface area contributed by atoms with E-state index >= 15 is 0 Å². The zero-order valence-corrected chi connectivity index (χ0v) is 16.4. The van der Waals surface area contributed by atoms with Gasteiger partial charge in [0.25, 0.3) is 5.91 Å². The first-order valence-electron chi connectivity index (χ1n) is 10.0. The van der Waals surface area contributed by atoms with Gasteiger partial charge in [0.2, 0.25) is 0 Å². The van der Waals surface area contributed by atoms with Gasteiger partial charge in [-0.3, -0.25) is 4.79 Å². The van der Waals surface area contributed by atoms with Crippen LogP contribution >= 0.6 is 0 Å². The van der Waals surface area contributed by atoms with Crippen molar-refractivity contribution < 1.29 is 14.3 Å². The Morgan fingerprint density at radius 2 is 1.75 bits per heavy atom. The molecule has 0 atom stereocenters. The first-order chi connectivity index (χ1) is 13.6. The summed E-state index contributed by atoms with van der Waals surface area (Å²) in [5.41, 5.74) is 4.01. The number of hydrogen-bond donors (Lipinski definition) is 1. The summed E-state index contributed by atoms with van der Waals surface area (Å²) in [5, 5.41) is 3.72. The van der Waals surface area contributed by atoms with Gasteiger partial charge in [-0.1, -0.05) is 42.0 Å². The molecule has 28 heavy (non-hydrogen) atoms. The average Bonchev–Trinajstić information content (AvgIpc) is 3.53. The molecule has 1 heterocycles. The minimum absolute atomic E-state index is 0.0165. The van der Waals surface area contributed by atoms with Gasteiger partial charge in [-0.05, 0) is 43.0 Å². The van der Waals surface area contributed by atoms with E-state index in [1.807, 2.05) is 12.1 Å². The van der Waals surface area contributed by atoms with Crippen LogP contribution in [-0.4, -0.2) is 43.7 Å². The highest BCUT2D eigenvalue weighted by molar-refractivity contribution is 5.77. The van der Waals surface area contributed by atoms with Gasteiger partial charge >= 0.3 is 0 Å². The van der Waals surface area contributed by atoms with E-state index < -0.39 is 0 Å². The SMILES string of the molecule is Cc1ccc(C2(NCc3ccc(OCC(=O)N4CCOCC4)cc3)CC2)cc1. The van der Waals surface area contributed by atoms with Gasteiger partial charge in [0.05, 0.1) is 13.2 Å². The average molecular weight is 380 g/mol. The molecule has 2 aliphatic rings. The van der Waals surface area contributed by atoms with Gasteiger partial charge in [-0.25, -0.2) is 0 Å². The molecule has 2 aromatic carbocycles. The molecule has 2 aromatic rings. The lowest BCUT2D eigenvalue weighted by Gasteiger charge is -2.26. The van der Waals surface area contributed by atoms with Crippen molar-refractivity contribution in [3.8, 4) is 5.75 Å². The van der Waals surface area contributed by atoms with E-state index in [-0.39, 0.29) is 18.1 Å². The third kappa shape index (κ3) is 4.54. The molecule has 5 nitrogen and oxygen atoms in total. The summed E-state index contributed by atoms with van der Waals surface area (Å²) in [5.74, 6) is 0.743. The van der Waals surface area contributed by atoms with Crippen LogP contribution in [0.15, 0.2) is 48.5 Å². The quantitative estimate of drug-likeness (QED) is 0.802. The minimum Gasteiger partial charge on any atom is -0.484 e. The zero-order valence-electron chi connectivity index (χ0n) is 16.4. The second-order valence-electron chi connectivity index (χ2n) is 7.73. The van der Waals surface area contributed by atoms with Crippen LogP contribution in [0.1, 0.15) is 29.5 Å². The molecule has 5 heteroatoms. The molecule has 1 N–H and O–H groups in total. The molecule has 0 unspecified atom stereocenters. The van der Waals surface area contributed by atoms with E-state index in [0.717, 1.165) is 12.3 Å². The van der Waals surface area contributed by atoms with Crippen molar-refractivity contribution in [2.24, 2.45) is 0 Å². The Morgan fingerprint density at radius 1 is 1.07 bits per heavy atom. The normalized spacial score (nSPS) is 18.0. The Morgan fingerprint density at radius 3 is 2.39 bits per heavy atom. The van der Waals surface area contributed by atoms with Crippen molar-refractivity contribution in [3.63, 3.8) is 0 Å². The molecule has 1 saturated heterocycles. The minimum atomic E-state index is 0.0165. The number of nitrogens with one attached hydrogen (secondary N) is 1. The van der Waals surface area contributed by atoms with Gasteiger partial charge in [-0.2, -0.15) is 0 Å². The van der Waals surface area contributed by atoms with E-state index in [1.165, 1.54) is 29.5 Å². The van der Waals surface area contributed by atoms with Crippen molar-refractivity contribution in [2.75, 3.05) is 32.9 Å². The fourth-order valence-electron chi connectivity index (χ4n) is 3.59. The molecule has 1 saturated carbocycles. The number of carbonyl (C=O) groups is 1. The van der Waals surface area contributed by atoms with E-state index in [1.54, 1.807) is 4.90 Å². The van der Waals surface area contributed by atoms with Crippen LogP contribution in [0.2, 0.25) is 0 Å². The molecule has 0 bridgehead atoms. The van der Waals surface area contributed by atoms with Crippen LogP contribution in [0.5, 0.6) is 5.75 Å². The number of carbonyl (C=O) groups excluding carboxylic acids is 1. The summed E-state index contributed by atoms with van der Waals surface area (Å²) in [6.07, 6.45) is 2.36. The predicted molar refractivity (Wildman–Crippen MR) is 108 cm³/mol. The van der Waals surface area contributed by atoms with E-state index in [2.05, 4.69) is 48.6 Å². The van der Waals surface area contributed by atoms with Crippen molar-refractivity contribution in [1.82, 2.24) is 10.2 Å². The van der Waals surface area contributed by atoms with Crippen molar-refractivity contribution in [2.45, 2.75) is 31.8 Å². The van der Waals surface area contributed by atoms with Crippen molar-refractivity contribution >= 4 is 5.91 Å². The monoisotopic (exact) mass is 380 g/mol. The number of aryl methyl sites for hydroxylation is 1. The van der Waals surface area contributed by atoms with Crippen LogP contribution in [0, 0.1) is 6.92 Å². The van der Waals surface area contributed by atoms with Crippen LogP contribution in [0.3, 0.4) is 0 Å². The Kier molecular flexibility index (Phi) is 5.64. The van der Waals surface area contributed by atoms with Crippen LogP contribution in [0.25, 0.3) is 0 Å². The first-order valence-corrected chi connectivity index (χ1v) is 10.0.